The summed E-state index contributed by atoms with van der Waals surface area (Å²) in [5, 5.41) is 2.76. The number of benzene rings is 2. The molecule has 0 unspecified atom stereocenters. The molecule has 0 fully saturated rings. The predicted octanol–water partition coefficient (Wildman–Crippen LogP) is 5.01. The minimum absolute atomic E-state index is 0.0476. The van der Waals surface area contributed by atoms with Crippen molar-refractivity contribution in [3.05, 3.63) is 92.3 Å². The van der Waals surface area contributed by atoms with Gasteiger partial charge in [0, 0.05) is 33.5 Å². The third-order valence-corrected chi connectivity index (χ3v) is 5.78. The highest BCUT2D eigenvalue weighted by atomic mass is 79.9. The Bertz CT molecular complexity index is 1200. The fraction of sp³-hybridized carbons (Fsp3) is 0.208. The number of nitrogens with zero attached hydrogens (tertiary/aromatic N) is 1. The van der Waals surface area contributed by atoms with E-state index >= 15 is 0 Å². The van der Waals surface area contributed by atoms with Gasteiger partial charge >= 0.3 is 0 Å². The molecular weight excluding hydrogens is 444 g/mol. The van der Waals surface area contributed by atoms with Gasteiger partial charge in [-0.05, 0) is 54.3 Å². The highest BCUT2D eigenvalue weighted by Crippen LogP contribution is 2.35. The number of nitrogens with one attached hydrogen (secondary N) is 1. The second-order valence-electron chi connectivity index (χ2n) is 8.30. The number of Topliss-reactive ketones (excluding diaryl/α,β-unsaturated/α-hetero) is 1. The lowest BCUT2D eigenvalue weighted by Crippen LogP contribution is -2.37. The van der Waals surface area contributed by atoms with Crippen LogP contribution in [-0.4, -0.2) is 16.3 Å². The number of amides is 1. The number of rotatable bonds is 3. The lowest BCUT2D eigenvalue weighted by molar-refractivity contribution is 0.0909. The number of fused-ring (bicyclic) bond motifs is 1. The maximum absolute atomic E-state index is 13.4. The van der Waals surface area contributed by atoms with E-state index in [-0.39, 0.29) is 16.8 Å². The Labute approximate surface area is 182 Å². The van der Waals surface area contributed by atoms with Crippen LogP contribution in [0.1, 0.15) is 46.7 Å². The van der Waals surface area contributed by atoms with Gasteiger partial charge in [-0.2, -0.15) is 0 Å². The van der Waals surface area contributed by atoms with Crippen LogP contribution in [0.15, 0.2) is 69.9 Å². The predicted molar refractivity (Wildman–Crippen MR) is 121 cm³/mol. The fourth-order valence-corrected chi connectivity index (χ4v) is 4.12. The van der Waals surface area contributed by atoms with Crippen molar-refractivity contribution >= 4 is 33.3 Å². The smallest absolute Gasteiger partial charge is 0.268 e. The first-order valence-corrected chi connectivity index (χ1v) is 10.5. The molecule has 0 aliphatic heterocycles. The lowest BCUT2D eigenvalue weighted by Gasteiger charge is -2.32. The Morgan fingerprint density at radius 2 is 1.67 bits per heavy atom. The van der Waals surface area contributed by atoms with E-state index in [2.05, 4.69) is 21.2 Å². The minimum atomic E-state index is -0.535. The molecule has 0 bridgehead atoms. The Morgan fingerprint density at radius 3 is 2.33 bits per heavy atom. The standard InChI is InChI=1S/C24H21BrN2O3/c1-24(2)13-20-18(21(28)14-24)12-19(22(29)26-16-10-8-15(25)9-11-16)23(30)27(20)17-6-4-3-5-7-17/h3-12H,13-14H2,1-2H3,(H,26,29). The van der Waals surface area contributed by atoms with E-state index < -0.39 is 11.5 Å². The molecule has 0 saturated heterocycles. The Hall–Kier alpha value is -2.99. The summed E-state index contributed by atoms with van der Waals surface area (Å²) in [6.07, 6.45) is 0.952. The van der Waals surface area contributed by atoms with Crippen molar-refractivity contribution in [2.45, 2.75) is 26.7 Å². The summed E-state index contributed by atoms with van der Waals surface area (Å²) >= 11 is 3.36. The third kappa shape index (κ3) is 3.87. The maximum atomic E-state index is 13.4. The van der Waals surface area contributed by atoms with Crippen molar-refractivity contribution < 1.29 is 9.59 Å². The maximum Gasteiger partial charge on any atom is 0.268 e. The Morgan fingerprint density at radius 1 is 1.00 bits per heavy atom. The molecule has 4 rings (SSSR count). The molecule has 0 spiro atoms. The topological polar surface area (TPSA) is 68.2 Å². The molecule has 5 nitrogen and oxygen atoms in total. The molecule has 1 aromatic heterocycles. The van der Waals surface area contributed by atoms with Crippen LogP contribution in [0.2, 0.25) is 0 Å². The number of carbonyl (C=O) groups excluding carboxylic acids is 2. The number of halogens is 1. The zero-order chi connectivity index (χ0) is 21.5. The highest BCUT2D eigenvalue weighted by molar-refractivity contribution is 9.10. The number of ketones is 1. The molecule has 1 N–H and O–H groups in total. The van der Waals surface area contributed by atoms with Gasteiger partial charge in [0.05, 0.1) is 0 Å². The van der Waals surface area contributed by atoms with E-state index in [1.165, 1.54) is 10.6 Å². The normalized spacial score (nSPS) is 14.8. The number of pyridine rings is 1. The average Bonchev–Trinajstić information content (AvgIpc) is 2.69. The van der Waals surface area contributed by atoms with Crippen LogP contribution in [0, 0.1) is 5.41 Å². The van der Waals surface area contributed by atoms with Gasteiger partial charge in [-0.1, -0.05) is 48.0 Å². The van der Waals surface area contributed by atoms with E-state index in [9.17, 15) is 14.4 Å². The summed E-state index contributed by atoms with van der Waals surface area (Å²) in [5.41, 5.74) is 1.58. The molecule has 1 aliphatic rings. The lowest BCUT2D eigenvalue weighted by atomic mass is 9.75. The summed E-state index contributed by atoms with van der Waals surface area (Å²) in [6.45, 7) is 4.03. The Balaban J connectivity index is 1.88. The van der Waals surface area contributed by atoms with Crippen LogP contribution >= 0.6 is 15.9 Å². The summed E-state index contributed by atoms with van der Waals surface area (Å²) < 4.78 is 2.40. The van der Waals surface area contributed by atoms with Crippen molar-refractivity contribution in [3.63, 3.8) is 0 Å². The van der Waals surface area contributed by atoms with Crippen molar-refractivity contribution in [1.29, 1.82) is 0 Å². The molecule has 6 heteroatoms. The van der Waals surface area contributed by atoms with E-state index in [1.54, 1.807) is 24.3 Å². The van der Waals surface area contributed by atoms with Gasteiger partial charge in [0.15, 0.2) is 5.78 Å². The summed E-state index contributed by atoms with van der Waals surface area (Å²) in [7, 11) is 0. The highest BCUT2D eigenvalue weighted by Gasteiger charge is 2.35. The van der Waals surface area contributed by atoms with Gasteiger partial charge in [-0.25, -0.2) is 0 Å². The largest absolute Gasteiger partial charge is 0.322 e. The van der Waals surface area contributed by atoms with E-state index in [4.69, 9.17) is 0 Å². The molecule has 0 saturated carbocycles. The third-order valence-electron chi connectivity index (χ3n) is 5.25. The number of hydrogen-bond donors (Lipinski definition) is 1. The molecule has 1 amide bonds. The van der Waals surface area contributed by atoms with Gasteiger partial charge in [-0.15, -0.1) is 0 Å². The van der Waals surface area contributed by atoms with E-state index in [0.29, 0.717) is 35.5 Å². The second-order valence-corrected chi connectivity index (χ2v) is 9.21. The number of aromatic nitrogens is 1. The average molecular weight is 465 g/mol. The van der Waals surface area contributed by atoms with Crippen LogP contribution in [0.3, 0.4) is 0 Å². The monoisotopic (exact) mass is 464 g/mol. The molecule has 2 aromatic carbocycles. The molecule has 1 heterocycles. The van der Waals surface area contributed by atoms with E-state index in [1.807, 2.05) is 44.2 Å². The minimum Gasteiger partial charge on any atom is -0.322 e. The van der Waals surface area contributed by atoms with Crippen molar-refractivity contribution in [3.8, 4) is 5.69 Å². The first-order valence-electron chi connectivity index (χ1n) is 9.70. The SMILES string of the molecule is CC1(C)CC(=O)c2cc(C(=O)Nc3ccc(Br)cc3)c(=O)n(-c3ccccc3)c2C1. The van der Waals surface area contributed by atoms with Gasteiger partial charge in [0.1, 0.15) is 5.56 Å². The Kier molecular flexibility index (Phi) is 5.20. The number of para-hydroxylation sites is 1. The second kappa shape index (κ2) is 7.69. The molecule has 1 aliphatic carbocycles. The molecule has 3 aromatic rings. The molecular formula is C24H21BrN2O3. The van der Waals surface area contributed by atoms with Crippen LogP contribution < -0.4 is 10.9 Å². The van der Waals surface area contributed by atoms with Crippen molar-refractivity contribution in [1.82, 2.24) is 4.57 Å². The van der Waals surface area contributed by atoms with Gasteiger partial charge < -0.3 is 5.32 Å². The van der Waals surface area contributed by atoms with Gasteiger partial charge in [0.25, 0.3) is 11.5 Å². The molecule has 152 valence electrons. The number of anilines is 1. The summed E-state index contributed by atoms with van der Waals surface area (Å²) in [4.78, 5) is 39.3. The zero-order valence-electron chi connectivity index (χ0n) is 16.7. The molecule has 30 heavy (non-hydrogen) atoms. The van der Waals surface area contributed by atoms with Gasteiger partial charge in [-0.3, -0.25) is 19.0 Å². The van der Waals surface area contributed by atoms with Crippen molar-refractivity contribution in [2.24, 2.45) is 5.41 Å². The fourth-order valence-electron chi connectivity index (χ4n) is 3.86. The summed E-state index contributed by atoms with van der Waals surface area (Å²) in [5.74, 6) is -0.587. The first kappa shape index (κ1) is 20.3. The van der Waals surface area contributed by atoms with Crippen LogP contribution in [0.4, 0.5) is 5.69 Å². The van der Waals surface area contributed by atoms with Gasteiger partial charge in [0.2, 0.25) is 0 Å². The molecule has 0 atom stereocenters. The quantitative estimate of drug-likeness (QED) is 0.592. The number of carbonyl (C=O) groups is 2. The van der Waals surface area contributed by atoms with Crippen LogP contribution in [0.5, 0.6) is 0 Å². The number of hydrogen-bond acceptors (Lipinski definition) is 3. The molecule has 0 radical (unpaired) electrons. The summed E-state index contributed by atoms with van der Waals surface area (Å²) in [6, 6.07) is 17.7. The first-order chi connectivity index (χ1) is 14.2. The van der Waals surface area contributed by atoms with E-state index in [0.717, 1.165) is 4.47 Å². The van der Waals surface area contributed by atoms with Crippen LogP contribution in [0.25, 0.3) is 5.69 Å². The van der Waals surface area contributed by atoms with Crippen LogP contribution in [-0.2, 0) is 6.42 Å². The van der Waals surface area contributed by atoms with Crippen molar-refractivity contribution in [2.75, 3.05) is 5.32 Å². The zero-order valence-corrected chi connectivity index (χ0v) is 18.3.